The number of aromatic nitrogens is 4. The summed E-state index contributed by atoms with van der Waals surface area (Å²) in [4.78, 5) is 10.2. The molecular formula is C9H8N7O3-. The van der Waals surface area contributed by atoms with Crippen LogP contribution in [0.4, 0.5) is 11.6 Å². The second-order valence-corrected chi connectivity index (χ2v) is 3.24. The van der Waals surface area contributed by atoms with Crippen molar-refractivity contribution in [1.82, 2.24) is 20.6 Å². The average Bonchev–Trinajstić information content (AvgIpc) is 2.91. The first-order valence-corrected chi connectivity index (χ1v) is 5.00. The van der Waals surface area contributed by atoms with Crippen LogP contribution >= 0.6 is 0 Å². The lowest BCUT2D eigenvalue weighted by molar-refractivity contribution is -0.384. The summed E-state index contributed by atoms with van der Waals surface area (Å²) in [5.74, 6) is 0.498. The molecule has 0 atom stereocenters. The Morgan fingerprint density at radius 3 is 3.05 bits per heavy atom. The Bertz CT molecular complexity index is 596. The maximum absolute atomic E-state index is 10.7. The van der Waals surface area contributed by atoms with E-state index in [1.165, 1.54) is 31.5 Å². The molecule has 0 saturated heterocycles. The van der Waals surface area contributed by atoms with Gasteiger partial charge in [-0.15, -0.1) is 5.21 Å². The summed E-state index contributed by atoms with van der Waals surface area (Å²) in [6.07, 6.45) is 1.31. The Labute approximate surface area is 106 Å². The van der Waals surface area contributed by atoms with Gasteiger partial charge >= 0.3 is 0 Å². The lowest BCUT2D eigenvalue weighted by Crippen LogP contribution is -1.94. The van der Waals surface area contributed by atoms with Crippen molar-refractivity contribution in [2.45, 2.75) is 0 Å². The number of nitrogens with zero attached hydrogens (tertiary/aromatic N) is 6. The van der Waals surface area contributed by atoms with Gasteiger partial charge in [-0.05, 0) is 6.07 Å². The van der Waals surface area contributed by atoms with Gasteiger partial charge in [-0.3, -0.25) is 31.0 Å². The second kappa shape index (κ2) is 5.53. The molecule has 0 fully saturated rings. The number of aromatic amines is 1. The van der Waals surface area contributed by atoms with Gasteiger partial charge in [-0.2, -0.15) is 0 Å². The van der Waals surface area contributed by atoms with Crippen LogP contribution in [0.1, 0.15) is 5.56 Å². The van der Waals surface area contributed by atoms with E-state index < -0.39 is 4.92 Å². The summed E-state index contributed by atoms with van der Waals surface area (Å²) >= 11 is 0. The van der Waals surface area contributed by atoms with E-state index in [-0.39, 0.29) is 11.6 Å². The SMILES string of the molecule is COc1ccc([N+](=O)[O-])cc1/C=N\[N-]c1nn[nH]n1. The highest BCUT2D eigenvalue weighted by molar-refractivity contribution is 5.85. The molecule has 1 heterocycles. The van der Waals surface area contributed by atoms with Crippen molar-refractivity contribution in [3.8, 4) is 5.75 Å². The molecule has 0 amide bonds. The highest BCUT2D eigenvalue weighted by atomic mass is 16.6. The minimum Gasteiger partial charge on any atom is -0.496 e. The smallest absolute Gasteiger partial charge is 0.270 e. The molecule has 0 unspecified atom stereocenters. The third kappa shape index (κ3) is 3.00. The zero-order valence-electron chi connectivity index (χ0n) is 9.72. The summed E-state index contributed by atoms with van der Waals surface area (Å²) in [6, 6.07) is 4.15. The summed E-state index contributed by atoms with van der Waals surface area (Å²) in [7, 11) is 1.45. The van der Waals surface area contributed by atoms with Gasteiger partial charge in [-0.25, -0.2) is 5.10 Å². The van der Waals surface area contributed by atoms with Crippen LogP contribution in [0.25, 0.3) is 5.43 Å². The molecular weight excluding hydrogens is 254 g/mol. The molecule has 0 bridgehead atoms. The third-order valence-electron chi connectivity index (χ3n) is 2.10. The molecule has 10 heteroatoms. The van der Waals surface area contributed by atoms with E-state index in [2.05, 4.69) is 31.2 Å². The number of nitro groups is 1. The Morgan fingerprint density at radius 1 is 1.58 bits per heavy atom. The normalized spacial score (nSPS) is 10.6. The van der Waals surface area contributed by atoms with E-state index in [1.807, 2.05) is 0 Å². The van der Waals surface area contributed by atoms with E-state index in [0.29, 0.717) is 11.3 Å². The second-order valence-electron chi connectivity index (χ2n) is 3.24. The van der Waals surface area contributed by atoms with Crippen molar-refractivity contribution in [2.75, 3.05) is 7.11 Å². The highest BCUT2D eigenvalue weighted by Gasteiger charge is 2.09. The van der Waals surface area contributed by atoms with Crippen molar-refractivity contribution in [2.24, 2.45) is 5.10 Å². The molecule has 2 aromatic rings. The lowest BCUT2D eigenvalue weighted by Gasteiger charge is -2.04. The largest absolute Gasteiger partial charge is 0.496 e. The van der Waals surface area contributed by atoms with Gasteiger partial charge < -0.3 is 4.74 Å². The molecule has 0 saturated carbocycles. The number of ether oxygens (including phenoxy) is 1. The first kappa shape index (κ1) is 12.4. The third-order valence-corrected chi connectivity index (χ3v) is 2.10. The van der Waals surface area contributed by atoms with Crippen LogP contribution in [-0.2, 0) is 0 Å². The standard InChI is InChI=1S/C9H8N7O3/c1-19-8-3-2-7(16(17)18)4-6(8)5-10-11-9-12-14-15-13-9/h2-5H,1H3,(H-,11,12,13,14,15)/q-1/b10-5-. The fraction of sp³-hybridized carbons (Fsp3) is 0.111. The van der Waals surface area contributed by atoms with E-state index >= 15 is 0 Å². The zero-order valence-corrected chi connectivity index (χ0v) is 9.72. The quantitative estimate of drug-likeness (QED) is 0.488. The number of H-pyrrole nitrogens is 1. The van der Waals surface area contributed by atoms with Crippen LogP contribution in [0.3, 0.4) is 0 Å². The minimum absolute atomic E-state index is 0.0562. The van der Waals surface area contributed by atoms with Gasteiger partial charge in [0.1, 0.15) is 5.75 Å². The van der Waals surface area contributed by atoms with Gasteiger partial charge in [0.15, 0.2) is 0 Å². The van der Waals surface area contributed by atoms with Crippen LogP contribution < -0.4 is 4.74 Å². The fourth-order valence-corrected chi connectivity index (χ4v) is 1.28. The molecule has 1 aromatic carbocycles. The Hall–Kier alpha value is -3.04. The monoisotopic (exact) mass is 262 g/mol. The number of hydrogen-bond acceptors (Lipinski definition) is 7. The van der Waals surface area contributed by atoms with Gasteiger partial charge in [0.05, 0.1) is 18.0 Å². The molecule has 19 heavy (non-hydrogen) atoms. The Morgan fingerprint density at radius 2 is 2.42 bits per heavy atom. The number of hydrogen-bond donors (Lipinski definition) is 1. The predicted octanol–water partition coefficient (Wildman–Crippen LogP) is 1.16. The van der Waals surface area contributed by atoms with Crippen molar-refractivity contribution in [1.29, 1.82) is 0 Å². The van der Waals surface area contributed by atoms with Gasteiger partial charge in [0.2, 0.25) is 0 Å². The molecule has 10 nitrogen and oxygen atoms in total. The minimum atomic E-state index is -0.507. The van der Waals surface area contributed by atoms with Gasteiger partial charge in [-0.1, -0.05) is 0 Å². The van der Waals surface area contributed by atoms with E-state index in [0.717, 1.165) is 0 Å². The summed E-state index contributed by atoms with van der Waals surface area (Å²) in [5, 5.41) is 27.0. The van der Waals surface area contributed by atoms with Crippen LogP contribution in [0, 0.1) is 10.1 Å². The first-order valence-electron chi connectivity index (χ1n) is 5.00. The number of nitro benzene ring substituents is 1. The molecule has 0 aliphatic heterocycles. The van der Waals surface area contributed by atoms with Crippen molar-refractivity contribution < 1.29 is 9.66 Å². The predicted molar refractivity (Wildman–Crippen MR) is 64.4 cm³/mol. The summed E-state index contributed by atoms with van der Waals surface area (Å²) in [6.45, 7) is 0. The van der Waals surface area contributed by atoms with E-state index in [1.54, 1.807) is 0 Å². The van der Waals surface area contributed by atoms with E-state index in [9.17, 15) is 10.1 Å². The van der Waals surface area contributed by atoms with Gasteiger partial charge in [0.25, 0.3) is 5.69 Å². The van der Waals surface area contributed by atoms with Gasteiger partial charge in [0, 0.05) is 23.9 Å². The Balaban J connectivity index is 2.19. The number of rotatable bonds is 5. The topological polar surface area (TPSA) is 133 Å². The lowest BCUT2D eigenvalue weighted by atomic mass is 10.2. The molecule has 0 aliphatic rings. The molecule has 0 aliphatic carbocycles. The van der Waals surface area contributed by atoms with Crippen molar-refractivity contribution in [3.63, 3.8) is 0 Å². The zero-order chi connectivity index (χ0) is 13.7. The Kier molecular flexibility index (Phi) is 3.61. The molecule has 0 radical (unpaired) electrons. The summed E-state index contributed by atoms with van der Waals surface area (Å²) in [5.41, 5.74) is 3.99. The van der Waals surface area contributed by atoms with Crippen LogP contribution in [0.15, 0.2) is 23.3 Å². The first-order chi connectivity index (χ1) is 9.20. The van der Waals surface area contributed by atoms with Crippen LogP contribution in [0.2, 0.25) is 0 Å². The van der Waals surface area contributed by atoms with Crippen LogP contribution in [-0.4, -0.2) is 38.9 Å². The summed E-state index contributed by atoms with van der Waals surface area (Å²) < 4.78 is 5.06. The number of nitrogens with one attached hydrogen (secondary N) is 1. The number of benzene rings is 1. The maximum atomic E-state index is 10.7. The molecule has 98 valence electrons. The molecule has 0 spiro atoms. The number of non-ortho nitro benzene ring substituents is 1. The number of tetrazole rings is 1. The van der Waals surface area contributed by atoms with Crippen molar-refractivity contribution in [3.05, 3.63) is 39.3 Å². The molecule has 1 N–H and O–H groups in total. The van der Waals surface area contributed by atoms with E-state index in [4.69, 9.17) is 4.74 Å². The maximum Gasteiger partial charge on any atom is 0.270 e. The van der Waals surface area contributed by atoms with Crippen LogP contribution in [0.5, 0.6) is 5.75 Å². The molecule has 2 rings (SSSR count). The number of methoxy groups -OCH3 is 1. The molecule has 1 aromatic heterocycles. The van der Waals surface area contributed by atoms with Crippen molar-refractivity contribution >= 4 is 17.9 Å². The average molecular weight is 262 g/mol. The fourth-order valence-electron chi connectivity index (χ4n) is 1.28. The highest BCUT2D eigenvalue weighted by Crippen LogP contribution is 2.22.